The molecule has 1 nitrogen and oxygen atoms in total. The van der Waals surface area contributed by atoms with Crippen LogP contribution in [0.3, 0.4) is 0 Å². The van der Waals surface area contributed by atoms with Crippen molar-refractivity contribution < 1.29 is 13.2 Å². The fraction of sp³-hybridized carbons (Fsp3) is 0.400. The third kappa shape index (κ3) is 4.10. The van der Waals surface area contributed by atoms with Gasteiger partial charge in [-0.3, -0.25) is 0 Å². The van der Waals surface area contributed by atoms with Crippen molar-refractivity contribution >= 4 is 11.6 Å². The predicted octanol–water partition coefficient (Wildman–Crippen LogP) is 3.16. The van der Waals surface area contributed by atoms with Gasteiger partial charge in [-0.2, -0.15) is 13.2 Å². The summed E-state index contributed by atoms with van der Waals surface area (Å²) in [6, 6.07) is 4.94. The zero-order valence-electron chi connectivity index (χ0n) is 7.89. The second-order valence-electron chi connectivity index (χ2n) is 3.31. The third-order valence-corrected chi connectivity index (χ3v) is 2.33. The lowest BCUT2D eigenvalue weighted by Crippen LogP contribution is -2.37. The highest BCUT2D eigenvalue weighted by molar-refractivity contribution is 6.30. The van der Waals surface area contributed by atoms with Crippen molar-refractivity contribution in [3.8, 4) is 0 Å². The largest absolute Gasteiger partial charge is 0.403 e. The minimum absolute atomic E-state index is 0.106. The molecular weight excluding hydrogens is 227 g/mol. The van der Waals surface area contributed by atoms with Crippen LogP contribution >= 0.6 is 11.6 Å². The van der Waals surface area contributed by atoms with Gasteiger partial charge in [0, 0.05) is 5.02 Å². The number of hydrogen-bond donors (Lipinski definition) is 1. The average Bonchev–Trinajstić information content (AvgIpc) is 2.15. The number of benzene rings is 1. The maximum absolute atomic E-state index is 12.1. The molecule has 0 aliphatic heterocycles. The Morgan fingerprint density at radius 1 is 1.20 bits per heavy atom. The van der Waals surface area contributed by atoms with Gasteiger partial charge < -0.3 is 5.73 Å². The second-order valence-corrected chi connectivity index (χ2v) is 3.75. The smallest absolute Gasteiger partial charge is 0.320 e. The van der Waals surface area contributed by atoms with Gasteiger partial charge in [0.05, 0.1) is 0 Å². The molecule has 0 heterocycles. The molecule has 5 heteroatoms. The first-order valence-electron chi connectivity index (χ1n) is 4.46. The summed E-state index contributed by atoms with van der Waals surface area (Å²) in [7, 11) is 0. The summed E-state index contributed by atoms with van der Waals surface area (Å²) >= 11 is 5.64. The fourth-order valence-corrected chi connectivity index (χ4v) is 1.26. The summed E-state index contributed by atoms with van der Waals surface area (Å²) < 4.78 is 36.2. The summed E-state index contributed by atoms with van der Waals surface area (Å²) in [6.45, 7) is 0. The summed E-state index contributed by atoms with van der Waals surface area (Å²) in [5.41, 5.74) is 5.78. The van der Waals surface area contributed by atoms with Crippen molar-refractivity contribution in [3.63, 3.8) is 0 Å². The first kappa shape index (κ1) is 12.3. The van der Waals surface area contributed by atoms with Crippen LogP contribution in [0, 0.1) is 0 Å². The molecule has 1 rings (SSSR count). The van der Waals surface area contributed by atoms with E-state index < -0.39 is 12.2 Å². The Balaban J connectivity index is 2.47. The Kier molecular flexibility index (Phi) is 3.99. The van der Waals surface area contributed by atoms with Gasteiger partial charge in [0.1, 0.15) is 6.04 Å². The lowest BCUT2D eigenvalue weighted by atomic mass is 10.1. The van der Waals surface area contributed by atoms with Gasteiger partial charge in [0.2, 0.25) is 0 Å². The van der Waals surface area contributed by atoms with E-state index >= 15 is 0 Å². The minimum Gasteiger partial charge on any atom is -0.320 e. The van der Waals surface area contributed by atoms with E-state index in [1.165, 1.54) is 0 Å². The molecule has 15 heavy (non-hydrogen) atoms. The molecule has 0 bridgehead atoms. The number of hydrogen-bond acceptors (Lipinski definition) is 1. The van der Waals surface area contributed by atoms with Gasteiger partial charge in [-0.25, -0.2) is 0 Å². The summed E-state index contributed by atoms with van der Waals surface area (Å²) in [5.74, 6) is 0. The Bertz CT molecular complexity index is 307. The molecular formula is C10H11ClF3N. The predicted molar refractivity (Wildman–Crippen MR) is 53.8 cm³/mol. The molecule has 1 unspecified atom stereocenters. The quantitative estimate of drug-likeness (QED) is 0.859. The van der Waals surface area contributed by atoms with Crippen molar-refractivity contribution in [2.24, 2.45) is 5.73 Å². The molecule has 0 saturated heterocycles. The van der Waals surface area contributed by atoms with Crippen LogP contribution < -0.4 is 5.73 Å². The molecule has 84 valence electrons. The molecule has 0 aromatic heterocycles. The van der Waals surface area contributed by atoms with E-state index in [1.807, 2.05) is 0 Å². The molecule has 1 aromatic rings. The van der Waals surface area contributed by atoms with Crippen molar-refractivity contribution in [2.75, 3.05) is 0 Å². The molecule has 0 aliphatic rings. The monoisotopic (exact) mass is 237 g/mol. The summed E-state index contributed by atoms with van der Waals surface area (Å²) in [5, 5.41) is 0.568. The van der Waals surface area contributed by atoms with Gasteiger partial charge in [-0.1, -0.05) is 23.7 Å². The Labute approximate surface area is 91.0 Å². The van der Waals surface area contributed by atoms with Crippen LogP contribution in [0.4, 0.5) is 13.2 Å². The normalized spacial score (nSPS) is 13.9. The first-order chi connectivity index (χ1) is 6.89. The highest BCUT2D eigenvalue weighted by Crippen LogP contribution is 2.22. The van der Waals surface area contributed by atoms with E-state index in [-0.39, 0.29) is 6.42 Å². The van der Waals surface area contributed by atoms with Crippen LogP contribution in [-0.4, -0.2) is 12.2 Å². The maximum Gasteiger partial charge on any atom is 0.403 e. The van der Waals surface area contributed by atoms with Gasteiger partial charge in [-0.05, 0) is 30.5 Å². The second kappa shape index (κ2) is 4.86. The maximum atomic E-state index is 12.1. The fourth-order valence-electron chi connectivity index (χ4n) is 1.14. The van der Waals surface area contributed by atoms with E-state index in [0.29, 0.717) is 11.4 Å². The lowest BCUT2D eigenvalue weighted by molar-refractivity contribution is -0.148. The van der Waals surface area contributed by atoms with Gasteiger partial charge in [0.15, 0.2) is 0 Å². The average molecular weight is 238 g/mol. The Morgan fingerprint density at radius 3 is 2.20 bits per heavy atom. The SMILES string of the molecule is NC(CCc1ccc(Cl)cc1)C(F)(F)F. The standard InChI is InChI=1S/C10H11ClF3N/c11-8-4-1-7(2-5-8)3-6-9(15)10(12,13)14/h1-2,4-5,9H,3,6,15H2. The molecule has 2 N–H and O–H groups in total. The van der Waals surface area contributed by atoms with E-state index in [9.17, 15) is 13.2 Å². The molecule has 0 fully saturated rings. The van der Waals surface area contributed by atoms with E-state index in [2.05, 4.69) is 0 Å². The van der Waals surface area contributed by atoms with Crippen molar-refractivity contribution in [1.29, 1.82) is 0 Å². The molecule has 1 aromatic carbocycles. The highest BCUT2D eigenvalue weighted by atomic mass is 35.5. The third-order valence-electron chi connectivity index (χ3n) is 2.08. The number of nitrogens with two attached hydrogens (primary N) is 1. The molecule has 0 radical (unpaired) electrons. The molecule has 0 aliphatic carbocycles. The van der Waals surface area contributed by atoms with Crippen LogP contribution in [-0.2, 0) is 6.42 Å². The van der Waals surface area contributed by atoms with Gasteiger partial charge in [0.25, 0.3) is 0 Å². The van der Waals surface area contributed by atoms with Crippen LogP contribution in [0.5, 0.6) is 0 Å². The van der Waals surface area contributed by atoms with Crippen LogP contribution in [0.2, 0.25) is 5.02 Å². The van der Waals surface area contributed by atoms with E-state index in [4.69, 9.17) is 17.3 Å². The summed E-state index contributed by atoms with van der Waals surface area (Å²) in [4.78, 5) is 0. The molecule has 0 amide bonds. The minimum atomic E-state index is -4.31. The topological polar surface area (TPSA) is 26.0 Å². The number of alkyl halides is 3. The molecule has 0 saturated carbocycles. The summed E-state index contributed by atoms with van der Waals surface area (Å²) in [6.07, 6.45) is -4.12. The first-order valence-corrected chi connectivity index (χ1v) is 4.84. The van der Waals surface area contributed by atoms with Crippen LogP contribution in [0.15, 0.2) is 24.3 Å². The Hall–Kier alpha value is -0.740. The Morgan fingerprint density at radius 2 is 1.73 bits per heavy atom. The zero-order chi connectivity index (χ0) is 11.5. The highest BCUT2D eigenvalue weighted by Gasteiger charge is 2.35. The van der Waals surface area contributed by atoms with Crippen LogP contribution in [0.1, 0.15) is 12.0 Å². The van der Waals surface area contributed by atoms with Crippen molar-refractivity contribution in [2.45, 2.75) is 25.1 Å². The van der Waals surface area contributed by atoms with Crippen molar-refractivity contribution in [3.05, 3.63) is 34.9 Å². The number of rotatable bonds is 3. The van der Waals surface area contributed by atoms with Gasteiger partial charge >= 0.3 is 6.18 Å². The lowest BCUT2D eigenvalue weighted by Gasteiger charge is -2.15. The zero-order valence-corrected chi connectivity index (χ0v) is 8.65. The van der Waals surface area contributed by atoms with E-state index in [0.717, 1.165) is 5.56 Å². The molecule has 1 atom stereocenters. The van der Waals surface area contributed by atoms with E-state index in [1.54, 1.807) is 24.3 Å². The number of aryl methyl sites for hydroxylation is 1. The van der Waals surface area contributed by atoms with Crippen LogP contribution in [0.25, 0.3) is 0 Å². The molecule has 0 spiro atoms. The van der Waals surface area contributed by atoms with Crippen molar-refractivity contribution in [1.82, 2.24) is 0 Å². The van der Waals surface area contributed by atoms with Gasteiger partial charge in [-0.15, -0.1) is 0 Å². The number of halogens is 4.